The summed E-state index contributed by atoms with van der Waals surface area (Å²) in [6.07, 6.45) is 5.96. The van der Waals surface area contributed by atoms with Gasteiger partial charge in [-0.1, -0.05) is 30.3 Å². The van der Waals surface area contributed by atoms with Crippen molar-refractivity contribution in [2.75, 3.05) is 30.8 Å². The Hall–Kier alpha value is -4.23. The molecule has 3 aromatic carbocycles. The maximum atomic E-state index is 12.9. The van der Waals surface area contributed by atoms with E-state index < -0.39 is 5.97 Å². The van der Waals surface area contributed by atoms with Crippen LogP contribution >= 0.6 is 0 Å². The second kappa shape index (κ2) is 11.2. The Kier molecular flexibility index (Phi) is 7.42. The van der Waals surface area contributed by atoms with E-state index in [9.17, 15) is 9.59 Å². The minimum absolute atomic E-state index is 0.215. The maximum absolute atomic E-state index is 12.9. The molecule has 1 aromatic heterocycles. The van der Waals surface area contributed by atoms with Gasteiger partial charge in [0.25, 0.3) is 5.91 Å². The molecule has 2 heterocycles. The largest absolute Gasteiger partial charge is 0.465 e. The summed E-state index contributed by atoms with van der Waals surface area (Å²) >= 11 is 0. The number of likely N-dealkylation sites (tertiary alicyclic amines) is 1. The lowest BCUT2D eigenvalue weighted by Crippen LogP contribution is -2.41. The Balaban J connectivity index is 1.22. The Morgan fingerprint density at radius 1 is 1.03 bits per heavy atom. The third-order valence-corrected chi connectivity index (χ3v) is 6.68. The molecule has 1 amide bonds. The van der Waals surface area contributed by atoms with E-state index in [0.717, 1.165) is 49.1 Å². The third-order valence-electron chi connectivity index (χ3n) is 6.68. The average Bonchev–Trinajstić information content (AvgIpc) is 2.93. The number of carbonyl (C=O) groups excluding carboxylic acids is 2. The van der Waals surface area contributed by atoms with Crippen LogP contribution in [0.2, 0.25) is 0 Å². The highest BCUT2D eigenvalue weighted by molar-refractivity contribution is 6.05. The number of nitrogens with zero attached hydrogens (tertiary/aromatic N) is 2. The van der Waals surface area contributed by atoms with Gasteiger partial charge in [-0.25, -0.2) is 4.79 Å². The minimum Gasteiger partial charge on any atom is -0.465 e. The van der Waals surface area contributed by atoms with Crippen LogP contribution in [0, 0.1) is 0 Å². The maximum Gasteiger partial charge on any atom is 0.337 e. The molecule has 1 unspecified atom stereocenters. The number of piperidine rings is 1. The summed E-state index contributed by atoms with van der Waals surface area (Å²) in [6.45, 7) is 2.73. The summed E-state index contributed by atoms with van der Waals surface area (Å²) in [5.74, 6) is -0.655. The molecule has 0 saturated carbocycles. The summed E-state index contributed by atoms with van der Waals surface area (Å²) in [6, 6.07) is 23.1. The quantitative estimate of drug-likeness (QED) is 0.337. The molecule has 2 N–H and O–H groups in total. The van der Waals surface area contributed by atoms with E-state index in [0.29, 0.717) is 22.9 Å². The van der Waals surface area contributed by atoms with Gasteiger partial charge in [-0.3, -0.25) is 14.7 Å². The summed E-state index contributed by atoms with van der Waals surface area (Å²) in [4.78, 5) is 31.4. The number of anilines is 2. The number of methoxy groups -OCH3 is 1. The topological polar surface area (TPSA) is 83.6 Å². The van der Waals surface area contributed by atoms with Crippen LogP contribution in [-0.2, 0) is 11.3 Å². The molecule has 0 aliphatic carbocycles. The number of esters is 1. The van der Waals surface area contributed by atoms with Gasteiger partial charge in [0.2, 0.25) is 0 Å². The zero-order valence-corrected chi connectivity index (χ0v) is 20.8. The van der Waals surface area contributed by atoms with Gasteiger partial charge in [-0.05, 0) is 67.4 Å². The van der Waals surface area contributed by atoms with Crippen LogP contribution in [-0.4, -0.2) is 48.0 Å². The monoisotopic (exact) mass is 494 g/mol. The molecule has 0 spiro atoms. The molecule has 1 fully saturated rings. The number of carbonyl (C=O) groups is 2. The van der Waals surface area contributed by atoms with Crippen molar-refractivity contribution in [2.45, 2.75) is 25.4 Å². The second-order valence-corrected chi connectivity index (χ2v) is 9.35. The van der Waals surface area contributed by atoms with Gasteiger partial charge in [0.05, 0.1) is 12.7 Å². The van der Waals surface area contributed by atoms with Crippen molar-refractivity contribution >= 4 is 34.0 Å². The molecule has 37 heavy (non-hydrogen) atoms. The van der Waals surface area contributed by atoms with Crippen molar-refractivity contribution in [2.24, 2.45) is 0 Å². The van der Waals surface area contributed by atoms with Crippen LogP contribution in [0.3, 0.4) is 0 Å². The van der Waals surface area contributed by atoms with Crippen LogP contribution in [0.25, 0.3) is 10.8 Å². The van der Waals surface area contributed by atoms with Gasteiger partial charge in [0, 0.05) is 59.2 Å². The van der Waals surface area contributed by atoms with E-state index in [-0.39, 0.29) is 5.91 Å². The Morgan fingerprint density at radius 2 is 1.86 bits per heavy atom. The normalized spacial score (nSPS) is 15.8. The summed E-state index contributed by atoms with van der Waals surface area (Å²) in [7, 11) is 1.33. The van der Waals surface area contributed by atoms with Crippen molar-refractivity contribution in [1.29, 1.82) is 0 Å². The number of nitrogens with one attached hydrogen (secondary N) is 2. The number of aromatic nitrogens is 1. The number of hydrogen-bond donors (Lipinski definition) is 2. The van der Waals surface area contributed by atoms with E-state index in [1.54, 1.807) is 30.3 Å². The first-order chi connectivity index (χ1) is 18.1. The van der Waals surface area contributed by atoms with Crippen molar-refractivity contribution in [3.05, 3.63) is 102 Å². The fourth-order valence-corrected chi connectivity index (χ4v) is 4.90. The van der Waals surface area contributed by atoms with Crippen molar-refractivity contribution in [3.63, 3.8) is 0 Å². The number of pyridine rings is 1. The first-order valence-electron chi connectivity index (χ1n) is 12.5. The molecular formula is C30H30N4O3. The zero-order chi connectivity index (χ0) is 25.6. The smallest absolute Gasteiger partial charge is 0.337 e. The van der Waals surface area contributed by atoms with Crippen molar-refractivity contribution in [1.82, 2.24) is 9.88 Å². The van der Waals surface area contributed by atoms with Crippen LogP contribution in [0.15, 0.2) is 85.2 Å². The highest BCUT2D eigenvalue weighted by atomic mass is 16.5. The first-order valence-corrected chi connectivity index (χ1v) is 12.5. The molecule has 1 saturated heterocycles. The third kappa shape index (κ3) is 5.95. The van der Waals surface area contributed by atoms with Gasteiger partial charge in [0.15, 0.2) is 0 Å². The van der Waals surface area contributed by atoms with Crippen LogP contribution in [0.4, 0.5) is 11.4 Å². The molecule has 0 radical (unpaired) electrons. The van der Waals surface area contributed by atoms with Crippen LogP contribution < -0.4 is 10.6 Å². The average molecular weight is 495 g/mol. The lowest BCUT2D eigenvalue weighted by Gasteiger charge is -2.34. The number of fused-ring (bicyclic) bond motifs is 1. The highest BCUT2D eigenvalue weighted by Gasteiger charge is 2.21. The van der Waals surface area contributed by atoms with Crippen LogP contribution in [0.1, 0.15) is 39.1 Å². The molecule has 1 aliphatic rings. The number of hydrogen-bond acceptors (Lipinski definition) is 6. The van der Waals surface area contributed by atoms with Gasteiger partial charge < -0.3 is 15.4 Å². The van der Waals surface area contributed by atoms with Gasteiger partial charge in [0.1, 0.15) is 0 Å². The number of benzene rings is 3. The fourth-order valence-electron chi connectivity index (χ4n) is 4.90. The summed E-state index contributed by atoms with van der Waals surface area (Å²) in [5.41, 5.74) is 3.75. The SMILES string of the molecule is COC(=O)c1cccc(NC(=O)c2cccc(CN3CCCC(Nc4cccc5cnccc45)C3)c2)c1. The van der Waals surface area contributed by atoms with E-state index in [4.69, 9.17) is 4.74 Å². The molecule has 0 bridgehead atoms. The standard InChI is InChI=1S/C30H30N4O3/c1-37-30(36)23-8-3-10-25(17-23)33-29(35)22-7-2-6-21(16-22)19-34-15-5-11-26(20-34)32-28-12-4-9-24-18-31-14-13-27(24)28/h2-4,6-10,12-14,16-18,26,32H,5,11,15,19-20H2,1H3,(H,33,35). The predicted molar refractivity (Wildman–Crippen MR) is 146 cm³/mol. The molecule has 5 rings (SSSR count). The lowest BCUT2D eigenvalue weighted by atomic mass is 10.0. The molecular weight excluding hydrogens is 464 g/mol. The van der Waals surface area contributed by atoms with Crippen molar-refractivity contribution < 1.29 is 14.3 Å². The molecule has 1 atom stereocenters. The van der Waals surface area contributed by atoms with Crippen LogP contribution in [0.5, 0.6) is 0 Å². The second-order valence-electron chi connectivity index (χ2n) is 9.35. The van der Waals surface area contributed by atoms with E-state index >= 15 is 0 Å². The Morgan fingerprint density at radius 3 is 2.76 bits per heavy atom. The highest BCUT2D eigenvalue weighted by Crippen LogP contribution is 2.25. The Bertz CT molecular complexity index is 1420. The van der Waals surface area contributed by atoms with Gasteiger partial charge >= 0.3 is 5.97 Å². The van der Waals surface area contributed by atoms with Gasteiger partial charge in [-0.2, -0.15) is 0 Å². The number of rotatable bonds is 7. The van der Waals surface area contributed by atoms with E-state index in [1.165, 1.54) is 12.5 Å². The number of ether oxygens (including phenoxy) is 1. The lowest BCUT2D eigenvalue weighted by molar-refractivity contribution is 0.0600. The van der Waals surface area contributed by atoms with E-state index in [1.807, 2.05) is 24.5 Å². The summed E-state index contributed by atoms with van der Waals surface area (Å²) < 4.78 is 4.77. The first kappa shape index (κ1) is 24.5. The molecule has 7 nitrogen and oxygen atoms in total. The molecule has 7 heteroatoms. The zero-order valence-electron chi connectivity index (χ0n) is 20.8. The fraction of sp³-hybridized carbons (Fsp3) is 0.233. The summed E-state index contributed by atoms with van der Waals surface area (Å²) in [5, 5.41) is 8.95. The molecule has 1 aliphatic heterocycles. The van der Waals surface area contributed by atoms with Crippen molar-refractivity contribution in [3.8, 4) is 0 Å². The number of amides is 1. The molecule has 4 aromatic rings. The molecule has 188 valence electrons. The Labute approximate surface area is 216 Å². The van der Waals surface area contributed by atoms with Gasteiger partial charge in [-0.15, -0.1) is 0 Å². The minimum atomic E-state index is -0.440. The van der Waals surface area contributed by atoms with E-state index in [2.05, 4.69) is 50.8 Å². The predicted octanol–water partition coefficient (Wildman–Crippen LogP) is 5.35.